The number of fused-ring (bicyclic) bond motifs is 1. The standard InChI is InChI=1S/C26H17ClF3NO7/c27-16-6-8-17(9-7-16)37-23-22(33)19-11-10-18(12-20(19)38-24(23)26(28,29)30)36-21(32)13-31-25(34)35-14-15-4-2-1-3-5-15/h1-12H,13-14H2,(H,31,34). The molecule has 38 heavy (non-hydrogen) atoms. The average Bonchev–Trinajstić information content (AvgIpc) is 2.89. The fraction of sp³-hybridized carbons (Fsp3) is 0.115. The minimum Gasteiger partial charge on any atom is -0.449 e. The molecule has 0 saturated heterocycles. The van der Waals surface area contributed by atoms with Gasteiger partial charge >= 0.3 is 18.2 Å². The van der Waals surface area contributed by atoms with Gasteiger partial charge in [-0.3, -0.25) is 4.79 Å². The molecular formula is C26H17ClF3NO7. The monoisotopic (exact) mass is 547 g/mol. The van der Waals surface area contributed by atoms with Crippen LogP contribution in [0.5, 0.6) is 17.2 Å². The first kappa shape index (κ1) is 26.6. The van der Waals surface area contributed by atoms with E-state index in [1.165, 1.54) is 30.3 Å². The van der Waals surface area contributed by atoms with E-state index in [9.17, 15) is 27.6 Å². The van der Waals surface area contributed by atoms with E-state index >= 15 is 0 Å². The molecule has 0 unspecified atom stereocenters. The Morgan fingerprint density at radius 3 is 2.32 bits per heavy atom. The van der Waals surface area contributed by atoms with Crippen LogP contribution in [0.25, 0.3) is 11.0 Å². The summed E-state index contributed by atoms with van der Waals surface area (Å²) in [7, 11) is 0. The number of amides is 1. The minimum atomic E-state index is -5.08. The zero-order valence-electron chi connectivity index (χ0n) is 19.2. The molecule has 0 saturated carbocycles. The van der Waals surface area contributed by atoms with Crippen molar-refractivity contribution in [1.82, 2.24) is 5.32 Å². The van der Waals surface area contributed by atoms with Crippen molar-refractivity contribution in [1.29, 1.82) is 0 Å². The predicted molar refractivity (Wildman–Crippen MR) is 129 cm³/mol. The van der Waals surface area contributed by atoms with Gasteiger partial charge in [-0.25, -0.2) is 9.59 Å². The van der Waals surface area contributed by atoms with Gasteiger partial charge in [0.1, 0.15) is 30.2 Å². The fourth-order valence-corrected chi connectivity index (χ4v) is 3.33. The number of carbonyl (C=O) groups excluding carboxylic acids is 2. The molecule has 1 amide bonds. The molecule has 0 spiro atoms. The number of rotatable bonds is 7. The van der Waals surface area contributed by atoms with Crippen LogP contribution in [0.3, 0.4) is 0 Å². The Morgan fingerprint density at radius 2 is 1.63 bits per heavy atom. The molecule has 3 aromatic carbocycles. The molecule has 0 aliphatic carbocycles. The zero-order chi connectivity index (χ0) is 27.3. The van der Waals surface area contributed by atoms with Crippen LogP contribution >= 0.6 is 11.6 Å². The topological polar surface area (TPSA) is 104 Å². The Labute approximate surface area is 217 Å². The van der Waals surface area contributed by atoms with E-state index in [1.807, 2.05) is 0 Å². The summed E-state index contributed by atoms with van der Waals surface area (Å²) in [4.78, 5) is 36.8. The summed E-state index contributed by atoms with van der Waals surface area (Å²) < 4.78 is 61.3. The second kappa shape index (κ2) is 11.3. The highest BCUT2D eigenvalue weighted by Gasteiger charge is 2.40. The van der Waals surface area contributed by atoms with E-state index in [4.69, 9.17) is 30.2 Å². The molecule has 0 atom stereocenters. The maximum absolute atomic E-state index is 13.7. The fourth-order valence-electron chi connectivity index (χ4n) is 3.21. The normalized spacial score (nSPS) is 11.2. The molecule has 4 rings (SSSR count). The maximum Gasteiger partial charge on any atom is 0.453 e. The number of benzene rings is 3. The summed E-state index contributed by atoms with van der Waals surface area (Å²) in [6.45, 7) is -0.603. The second-order valence-corrected chi connectivity index (χ2v) is 8.13. The highest BCUT2D eigenvalue weighted by atomic mass is 35.5. The summed E-state index contributed by atoms with van der Waals surface area (Å²) in [5.74, 6) is -3.95. The number of esters is 1. The third kappa shape index (κ3) is 6.62. The first-order valence-electron chi connectivity index (χ1n) is 10.9. The van der Waals surface area contributed by atoms with Crippen molar-refractivity contribution in [3.63, 3.8) is 0 Å². The van der Waals surface area contributed by atoms with E-state index in [-0.39, 0.29) is 23.5 Å². The minimum absolute atomic E-state index is 0.0172. The lowest BCUT2D eigenvalue weighted by atomic mass is 10.2. The Morgan fingerprint density at radius 1 is 0.947 bits per heavy atom. The molecule has 0 fully saturated rings. The summed E-state index contributed by atoms with van der Waals surface area (Å²) in [5.41, 5.74) is -0.844. The van der Waals surface area contributed by atoms with Crippen LogP contribution in [0.4, 0.5) is 18.0 Å². The van der Waals surface area contributed by atoms with Crippen LogP contribution in [0.15, 0.2) is 82.0 Å². The molecule has 12 heteroatoms. The van der Waals surface area contributed by atoms with Crippen molar-refractivity contribution in [3.8, 4) is 17.2 Å². The van der Waals surface area contributed by atoms with Gasteiger partial charge in [0, 0.05) is 11.1 Å². The molecule has 1 heterocycles. The average molecular weight is 548 g/mol. The number of hydrogen-bond acceptors (Lipinski definition) is 7. The van der Waals surface area contributed by atoms with Crippen LogP contribution in [0, 0.1) is 0 Å². The molecule has 8 nitrogen and oxygen atoms in total. The van der Waals surface area contributed by atoms with Crippen molar-refractivity contribution < 1.29 is 41.4 Å². The molecule has 1 N–H and O–H groups in total. The lowest BCUT2D eigenvalue weighted by Crippen LogP contribution is -2.32. The van der Waals surface area contributed by atoms with Crippen molar-refractivity contribution >= 4 is 34.6 Å². The van der Waals surface area contributed by atoms with Gasteiger partial charge in [-0.1, -0.05) is 41.9 Å². The SMILES string of the molecule is O=C(CNC(=O)OCc1ccccc1)Oc1ccc2c(=O)c(Oc3ccc(Cl)cc3)c(C(F)(F)F)oc2c1. The summed E-state index contributed by atoms with van der Waals surface area (Å²) in [5, 5.41) is 2.27. The lowest BCUT2D eigenvalue weighted by molar-refractivity contribution is -0.154. The molecule has 4 aromatic rings. The summed E-state index contributed by atoms with van der Waals surface area (Å²) >= 11 is 5.77. The number of nitrogens with one attached hydrogen (secondary N) is 1. The van der Waals surface area contributed by atoms with Crippen molar-refractivity contribution in [3.05, 3.63) is 99.4 Å². The quantitative estimate of drug-likeness (QED) is 0.220. The van der Waals surface area contributed by atoms with Crippen LogP contribution in [0.1, 0.15) is 11.3 Å². The number of alkyl halides is 3. The van der Waals surface area contributed by atoms with E-state index < -0.39 is 47.3 Å². The largest absolute Gasteiger partial charge is 0.453 e. The van der Waals surface area contributed by atoms with Crippen molar-refractivity contribution in [2.24, 2.45) is 0 Å². The van der Waals surface area contributed by atoms with Crippen LogP contribution in [-0.4, -0.2) is 18.6 Å². The predicted octanol–water partition coefficient (Wildman–Crippen LogP) is 6.09. The Bertz CT molecular complexity index is 1520. The second-order valence-electron chi connectivity index (χ2n) is 7.69. The van der Waals surface area contributed by atoms with Gasteiger partial charge in [0.2, 0.25) is 11.2 Å². The lowest BCUT2D eigenvalue weighted by Gasteiger charge is -2.13. The van der Waals surface area contributed by atoms with E-state index in [0.717, 1.165) is 17.7 Å². The van der Waals surface area contributed by atoms with Gasteiger partial charge in [0.25, 0.3) is 5.76 Å². The molecular weight excluding hydrogens is 531 g/mol. The first-order chi connectivity index (χ1) is 18.1. The highest BCUT2D eigenvalue weighted by molar-refractivity contribution is 6.30. The third-order valence-electron chi connectivity index (χ3n) is 4.93. The third-order valence-corrected chi connectivity index (χ3v) is 5.19. The number of ether oxygens (including phenoxy) is 3. The highest BCUT2D eigenvalue weighted by Crippen LogP contribution is 2.38. The molecule has 1 aromatic heterocycles. The van der Waals surface area contributed by atoms with Crippen LogP contribution < -0.4 is 20.2 Å². The first-order valence-corrected chi connectivity index (χ1v) is 11.2. The maximum atomic E-state index is 13.7. The summed E-state index contributed by atoms with van der Waals surface area (Å²) in [6.07, 6.45) is -5.95. The number of hydrogen-bond donors (Lipinski definition) is 1. The van der Waals surface area contributed by atoms with E-state index in [2.05, 4.69) is 5.32 Å². The molecule has 0 aliphatic rings. The Balaban J connectivity index is 1.48. The van der Waals surface area contributed by atoms with E-state index in [1.54, 1.807) is 30.3 Å². The van der Waals surface area contributed by atoms with Gasteiger partial charge in [-0.05, 0) is 42.0 Å². The van der Waals surface area contributed by atoms with Gasteiger partial charge in [0.15, 0.2) is 0 Å². The van der Waals surface area contributed by atoms with E-state index in [0.29, 0.717) is 5.02 Å². The molecule has 0 bridgehead atoms. The van der Waals surface area contributed by atoms with Gasteiger partial charge in [-0.2, -0.15) is 13.2 Å². The molecule has 0 aliphatic heterocycles. The summed E-state index contributed by atoms with van der Waals surface area (Å²) in [6, 6.07) is 17.4. The smallest absolute Gasteiger partial charge is 0.449 e. The Kier molecular flexibility index (Phi) is 7.87. The van der Waals surface area contributed by atoms with Crippen molar-refractivity contribution in [2.45, 2.75) is 12.8 Å². The number of halogens is 4. The van der Waals surface area contributed by atoms with Crippen molar-refractivity contribution in [2.75, 3.05) is 6.54 Å². The van der Waals surface area contributed by atoms with Crippen LogP contribution in [-0.2, 0) is 22.3 Å². The Hall–Kier alpha value is -4.51. The number of carbonyl (C=O) groups is 2. The van der Waals surface area contributed by atoms with Gasteiger partial charge in [0.05, 0.1) is 5.39 Å². The molecule has 196 valence electrons. The van der Waals surface area contributed by atoms with Gasteiger partial charge < -0.3 is 23.9 Å². The molecule has 0 radical (unpaired) electrons. The van der Waals surface area contributed by atoms with Gasteiger partial charge in [-0.15, -0.1) is 0 Å². The van der Waals surface area contributed by atoms with Crippen LogP contribution in [0.2, 0.25) is 5.02 Å². The zero-order valence-corrected chi connectivity index (χ0v) is 20.0. The number of alkyl carbamates (subject to hydrolysis) is 1.